The second-order valence-electron chi connectivity index (χ2n) is 5.19. The minimum Gasteiger partial charge on any atom is -0.388 e. The van der Waals surface area contributed by atoms with Crippen molar-refractivity contribution in [2.75, 3.05) is 11.9 Å². The Kier molecular flexibility index (Phi) is 4.72. The monoisotopic (exact) mass is 297 g/mol. The van der Waals surface area contributed by atoms with Crippen LogP contribution >= 0.6 is 11.3 Å². The number of nitrogens with one attached hydrogen (secondary N) is 2. The van der Waals surface area contributed by atoms with Gasteiger partial charge in [-0.1, -0.05) is 19.3 Å². The fourth-order valence-electron chi connectivity index (χ4n) is 2.31. The molecule has 2 rings (SSSR count). The molecule has 1 aliphatic rings. The molecule has 110 valence electrons. The van der Waals surface area contributed by atoms with E-state index in [-0.39, 0.29) is 24.1 Å². The number of nitrogens with zero attached hydrogens (tertiary/aromatic N) is 1. The van der Waals surface area contributed by atoms with Crippen LogP contribution in [0.25, 0.3) is 0 Å². The Labute approximate surface area is 121 Å². The predicted molar refractivity (Wildman–Crippen MR) is 76.8 cm³/mol. The van der Waals surface area contributed by atoms with E-state index in [4.69, 9.17) is 0 Å². The van der Waals surface area contributed by atoms with Crippen molar-refractivity contribution in [2.45, 2.75) is 44.6 Å². The van der Waals surface area contributed by atoms with E-state index < -0.39 is 5.60 Å². The molecule has 0 atom stereocenters. The van der Waals surface area contributed by atoms with Gasteiger partial charge in [-0.05, 0) is 12.8 Å². The van der Waals surface area contributed by atoms with E-state index >= 15 is 0 Å². The first-order valence-electron chi connectivity index (χ1n) is 6.72. The zero-order valence-corrected chi connectivity index (χ0v) is 12.3. The first-order valence-corrected chi connectivity index (χ1v) is 7.60. The van der Waals surface area contributed by atoms with Crippen molar-refractivity contribution in [1.29, 1.82) is 0 Å². The quantitative estimate of drug-likeness (QED) is 0.786. The van der Waals surface area contributed by atoms with Crippen molar-refractivity contribution in [3.8, 4) is 0 Å². The standard InChI is InChI=1S/C13H19N3O3S/c1-9(17)15-12-16-10(7-20-12)11(18)14-8-13(19)5-3-2-4-6-13/h7,19H,2-6,8H2,1H3,(H,14,18)(H,15,16,17). The molecule has 1 aromatic rings. The van der Waals surface area contributed by atoms with E-state index in [0.717, 1.165) is 32.1 Å². The summed E-state index contributed by atoms with van der Waals surface area (Å²) in [5, 5.41) is 17.5. The maximum atomic E-state index is 11.9. The van der Waals surface area contributed by atoms with Gasteiger partial charge in [-0.3, -0.25) is 9.59 Å². The normalized spacial score (nSPS) is 17.5. The Morgan fingerprint density at radius 1 is 1.40 bits per heavy atom. The summed E-state index contributed by atoms with van der Waals surface area (Å²) in [5.41, 5.74) is -0.525. The first kappa shape index (κ1) is 14.9. The molecule has 0 bridgehead atoms. The number of anilines is 1. The zero-order chi connectivity index (χ0) is 14.6. The smallest absolute Gasteiger partial charge is 0.270 e. The van der Waals surface area contributed by atoms with E-state index in [2.05, 4.69) is 15.6 Å². The predicted octanol–water partition coefficient (Wildman–Crippen LogP) is 1.53. The maximum absolute atomic E-state index is 11.9. The molecular formula is C13H19N3O3S. The van der Waals surface area contributed by atoms with Crippen LogP contribution < -0.4 is 10.6 Å². The molecule has 1 heterocycles. The average molecular weight is 297 g/mol. The molecule has 0 aliphatic heterocycles. The van der Waals surface area contributed by atoms with Gasteiger partial charge in [0.15, 0.2) is 5.13 Å². The van der Waals surface area contributed by atoms with Gasteiger partial charge in [0, 0.05) is 18.8 Å². The SMILES string of the molecule is CC(=O)Nc1nc(C(=O)NCC2(O)CCCCC2)cs1. The molecule has 7 heteroatoms. The van der Waals surface area contributed by atoms with Gasteiger partial charge in [0.2, 0.25) is 5.91 Å². The van der Waals surface area contributed by atoms with Crippen LogP contribution in [0, 0.1) is 0 Å². The van der Waals surface area contributed by atoms with E-state index in [1.807, 2.05) is 0 Å². The summed E-state index contributed by atoms with van der Waals surface area (Å²) in [5.74, 6) is -0.542. The van der Waals surface area contributed by atoms with Crippen LogP contribution in [-0.4, -0.2) is 34.1 Å². The number of rotatable bonds is 4. The summed E-state index contributed by atoms with van der Waals surface area (Å²) in [6, 6.07) is 0. The van der Waals surface area contributed by atoms with Crippen LogP contribution in [0.1, 0.15) is 49.5 Å². The zero-order valence-electron chi connectivity index (χ0n) is 11.4. The van der Waals surface area contributed by atoms with Gasteiger partial charge in [0.1, 0.15) is 5.69 Å². The van der Waals surface area contributed by atoms with Gasteiger partial charge in [-0.2, -0.15) is 0 Å². The molecule has 1 aromatic heterocycles. The average Bonchev–Trinajstić information content (AvgIpc) is 2.85. The molecule has 0 radical (unpaired) electrons. The van der Waals surface area contributed by atoms with E-state index in [0.29, 0.717) is 5.13 Å². The number of thiazole rings is 1. The molecule has 3 N–H and O–H groups in total. The highest BCUT2D eigenvalue weighted by atomic mass is 32.1. The highest BCUT2D eigenvalue weighted by Crippen LogP contribution is 2.27. The Balaban J connectivity index is 1.88. The van der Waals surface area contributed by atoms with Crippen LogP contribution in [0.4, 0.5) is 5.13 Å². The fourth-order valence-corrected chi connectivity index (χ4v) is 3.04. The molecule has 6 nitrogen and oxygen atoms in total. The van der Waals surface area contributed by atoms with Gasteiger partial charge in [-0.25, -0.2) is 4.98 Å². The minimum atomic E-state index is -0.787. The maximum Gasteiger partial charge on any atom is 0.270 e. The highest BCUT2D eigenvalue weighted by Gasteiger charge is 2.29. The summed E-state index contributed by atoms with van der Waals surface area (Å²) in [6.45, 7) is 1.64. The van der Waals surface area contributed by atoms with E-state index in [1.165, 1.54) is 18.3 Å². The topological polar surface area (TPSA) is 91.3 Å². The number of aromatic nitrogens is 1. The van der Waals surface area contributed by atoms with Crippen LogP contribution in [0.5, 0.6) is 0 Å². The van der Waals surface area contributed by atoms with Crippen molar-refractivity contribution in [1.82, 2.24) is 10.3 Å². The van der Waals surface area contributed by atoms with Crippen LogP contribution in [0.2, 0.25) is 0 Å². The fraction of sp³-hybridized carbons (Fsp3) is 0.615. The van der Waals surface area contributed by atoms with Crippen LogP contribution in [-0.2, 0) is 4.79 Å². The molecule has 0 spiro atoms. The molecule has 0 unspecified atom stereocenters. The molecule has 1 saturated carbocycles. The lowest BCUT2D eigenvalue weighted by Gasteiger charge is -2.31. The van der Waals surface area contributed by atoms with Crippen molar-refractivity contribution in [3.05, 3.63) is 11.1 Å². The second kappa shape index (κ2) is 6.32. The third-order valence-corrected chi connectivity index (χ3v) is 4.14. The molecule has 20 heavy (non-hydrogen) atoms. The number of carbonyl (C=O) groups excluding carboxylic acids is 2. The number of hydrogen-bond donors (Lipinski definition) is 3. The summed E-state index contributed by atoms with van der Waals surface area (Å²) in [4.78, 5) is 26.9. The van der Waals surface area contributed by atoms with Crippen LogP contribution in [0.3, 0.4) is 0 Å². The molecule has 2 amide bonds. The molecule has 0 aromatic carbocycles. The second-order valence-corrected chi connectivity index (χ2v) is 6.04. The van der Waals surface area contributed by atoms with Crippen molar-refractivity contribution in [2.24, 2.45) is 0 Å². The minimum absolute atomic E-state index is 0.220. The van der Waals surface area contributed by atoms with Crippen molar-refractivity contribution < 1.29 is 14.7 Å². The third kappa shape index (κ3) is 4.01. The molecular weight excluding hydrogens is 278 g/mol. The summed E-state index contributed by atoms with van der Waals surface area (Å²) < 4.78 is 0. The third-order valence-electron chi connectivity index (χ3n) is 3.38. The van der Waals surface area contributed by atoms with Crippen molar-refractivity contribution in [3.63, 3.8) is 0 Å². The summed E-state index contributed by atoms with van der Waals surface area (Å²) in [7, 11) is 0. The largest absolute Gasteiger partial charge is 0.388 e. The Morgan fingerprint density at radius 3 is 2.75 bits per heavy atom. The van der Waals surface area contributed by atoms with Gasteiger partial charge in [-0.15, -0.1) is 11.3 Å². The lowest BCUT2D eigenvalue weighted by molar-refractivity contribution is -0.114. The first-order chi connectivity index (χ1) is 9.48. The number of aliphatic hydroxyl groups is 1. The number of amides is 2. The Morgan fingerprint density at radius 2 is 2.10 bits per heavy atom. The molecule has 0 saturated heterocycles. The van der Waals surface area contributed by atoms with Crippen LogP contribution in [0.15, 0.2) is 5.38 Å². The summed E-state index contributed by atoms with van der Waals surface area (Å²) >= 11 is 1.20. The Bertz CT molecular complexity index is 495. The van der Waals surface area contributed by atoms with E-state index in [9.17, 15) is 14.7 Å². The van der Waals surface area contributed by atoms with Gasteiger partial charge in [0.25, 0.3) is 5.91 Å². The Hall–Kier alpha value is -1.47. The molecule has 1 aliphatic carbocycles. The number of carbonyl (C=O) groups is 2. The number of hydrogen-bond acceptors (Lipinski definition) is 5. The molecule has 1 fully saturated rings. The lowest BCUT2D eigenvalue weighted by Crippen LogP contribution is -2.44. The summed E-state index contributed by atoms with van der Waals surface area (Å²) in [6.07, 6.45) is 4.58. The van der Waals surface area contributed by atoms with Crippen molar-refractivity contribution >= 4 is 28.3 Å². The lowest BCUT2D eigenvalue weighted by atomic mass is 9.85. The highest BCUT2D eigenvalue weighted by molar-refractivity contribution is 7.14. The van der Waals surface area contributed by atoms with E-state index in [1.54, 1.807) is 5.38 Å². The van der Waals surface area contributed by atoms with Gasteiger partial charge in [0.05, 0.1) is 5.60 Å². The van der Waals surface area contributed by atoms with Gasteiger partial charge < -0.3 is 15.7 Å². The van der Waals surface area contributed by atoms with Gasteiger partial charge >= 0.3 is 0 Å².